The third-order valence-electron chi connectivity index (χ3n) is 9.27. The lowest BCUT2D eigenvalue weighted by Crippen LogP contribution is -2.29. The van der Waals surface area contributed by atoms with Crippen LogP contribution in [0.25, 0.3) is 0 Å². The van der Waals surface area contributed by atoms with Gasteiger partial charge in [-0.3, -0.25) is 18.6 Å². The molecular weight excluding hydrogens is 719 g/mol. The first-order valence-corrected chi connectivity index (χ1v) is 23.4. The molecule has 0 saturated heterocycles. The van der Waals surface area contributed by atoms with Gasteiger partial charge in [-0.2, -0.15) is 0 Å². The van der Waals surface area contributed by atoms with Gasteiger partial charge in [0.15, 0.2) is 6.10 Å². The topological polar surface area (TPSA) is 149 Å². The van der Waals surface area contributed by atoms with Gasteiger partial charge < -0.3 is 24.6 Å². The zero-order valence-corrected chi connectivity index (χ0v) is 35.8. The minimum Gasteiger partial charge on any atom is -0.462 e. The van der Waals surface area contributed by atoms with Gasteiger partial charge in [-0.15, -0.1) is 0 Å². The van der Waals surface area contributed by atoms with Crippen LogP contribution in [-0.4, -0.2) is 65.7 Å². The highest BCUT2D eigenvalue weighted by atomic mass is 31.2. The number of allylic oxidation sites excluding steroid dienone is 6. The molecule has 322 valence electrons. The number of rotatable bonds is 41. The Morgan fingerprint density at radius 3 is 1.47 bits per heavy atom. The Kier molecular flexibility index (Phi) is 39.1. The van der Waals surface area contributed by atoms with Gasteiger partial charge >= 0.3 is 19.8 Å². The minimum absolute atomic E-state index is 0.166. The number of ether oxygens (including phenoxy) is 2. The Morgan fingerprint density at radius 1 is 0.545 bits per heavy atom. The maximum Gasteiger partial charge on any atom is 0.472 e. The van der Waals surface area contributed by atoms with Crippen molar-refractivity contribution in [1.29, 1.82) is 0 Å². The van der Waals surface area contributed by atoms with Crippen molar-refractivity contribution in [2.24, 2.45) is 0 Å². The molecule has 0 aromatic carbocycles. The summed E-state index contributed by atoms with van der Waals surface area (Å²) in [7, 11) is -4.63. The lowest BCUT2D eigenvalue weighted by atomic mass is 10.1. The predicted molar refractivity (Wildman–Crippen MR) is 224 cm³/mol. The molecule has 0 amide bonds. The largest absolute Gasteiger partial charge is 0.472 e. The molecule has 0 bridgehead atoms. The van der Waals surface area contributed by atoms with E-state index >= 15 is 0 Å². The molecule has 0 fully saturated rings. The van der Waals surface area contributed by atoms with E-state index in [4.69, 9.17) is 19.1 Å². The fraction of sp³-hybridized carbons (Fsp3) is 0.818. The minimum atomic E-state index is -4.63. The van der Waals surface area contributed by atoms with E-state index in [0.717, 1.165) is 57.8 Å². The summed E-state index contributed by atoms with van der Waals surface area (Å²) < 4.78 is 32.6. The number of hydrogen-bond acceptors (Lipinski definition) is 9. The van der Waals surface area contributed by atoms with Gasteiger partial charge in [0.25, 0.3) is 0 Å². The molecule has 0 radical (unpaired) electrons. The second kappa shape index (κ2) is 40.4. The molecule has 0 aliphatic carbocycles. The highest BCUT2D eigenvalue weighted by molar-refractivity contribution is 7.47. The molecule has 10 nitrogen and oxygen atoms in total. The molecule has 0 aromatic heterocycles. The Balaban J connectivity index is 4.36. The van der Waals surface area contributed by atoms with Gasteiger partial charge in [-0.05, 0) is 64.2 Å². The lowest BCUT2D eigenvalue weighted by Gasteiger charge is -2.20. The summed E-state index contributed by atoms with van der Waals surface area (Å²) in [6.45, 7) is 2.32. The molecule has 0 spiro atoms. The summed E-state index contributed by atoms with van der Waals surface area (Å²) in [4.78, 5) is 34.9. The van der Waals surface area contributed by atoms with Crippen molar-refractivity contribution in [3.63, 3.8) is 0 Å². The molecule has 0 saturated carbocycles. The van der Waals surface area contributed by atoms with Crippen molar-refractivity contribution in [2.75, 3.05) is 26.4 Å². The van der Waals surface area contributed by atoms with Gasteiger partial charge in [-0.25, -0.2) is 4.57 Å². The number of aliphatic hydroxyl groups is 2. The zero-order chi connectivity index (χ0) is 40.5. The molecule has 11 heteroatoms. The number of phosphoric acid groups is 1. The summed E-state index contributed by atoms with van der Waals surface area (Å²) in [5.74, 6) is -0.985. The fourth-order valence-corrected chi connectivity index (χ4v) is 6.64. The molecule has 3 atom stereocenters. The number of unbranched alkanes of at least 4 members (excludes halogenated alkanes) is 21. The van der Waals surface area contributed by atoms with Crippen molar-refractivity contribution >= 4 is 19.8 Å². The average molecular weight is 801 g/mol. The van der Waals surface area contributed by atoms with Crippen LogP contribution in [0.4, 0.5) is 0 Å². The standard InChI is InChI=1S/C44H81O10P/c1-3-5-7-9-11-13-15-17-19-20-22-23-25-27-29-31-33-35-43(47)51-39-42(40-53-55(49,50)52-38-41(46)37-45)54-44(48)36-34-32-30-28-26-24-21-18-16-14-12-10-8-6-4-2/h18,21-23,27,29,41-42,45-46H,3-17,19-20,24-26,28,30-40H2,1-2H3,(H,49,50)/b21-18+,23-22+,29-27+/t41-,42+/m0/s1. The zero-order valence-electron chi connectivity index (χ0n) is 34.9. The SMILES string of the molecule is CCCCCCCC/C=C/CCCCCCCC(=O)O[C@H](COC(=O)CCC/C=C/C/C=C/CCCCCCCCCCC)COP(=O)(O)OC[C@@H](O)CO. The van der Waals surface area contributed by atoms with E-state index in [-0.39, 0.29) is 19.4 Å². The maximum atomic E-state index is 12.6. The number of carbonyl (C=O) groups is 2. The third-order valence-corrected chi connectivity index (χ3v) is 10.2. The summed E-state index contributed by atoms with van der Waals surface area (Å²) in [5, 5.41) is 18.3. The van der Waals surface area contributed by atoms with Crippen molar-refractivity contribution < 1.29 is 47.8 Å². The molecule has 1 unspecified atom stereocenters. The van der Waals surface area contributed by atoms with Gasteiger partial charge in [0, 0.05) is 12.8 Å². The van der Waals surface area contributed by atoms with Crippen LogP contribution in [0.15, 0.2) is 36.5 Å². The van der Waals surface area contributed by atoms with Crippen molar-refractivity contribution in [3.05, 3.63) is 36.5 Å². The van der Waals surface area contributed by atoms with Crippen molar-refractivity contribution in [1.82, 2.24) is 0 Å². The van der Waals surface area contributed by atoms with E-state index < -0.39 is 51.8 Å². The molecule has 0 aromatic rings. The smallest absolute Gasteiger partial charge is 0.462 e. The van der Waals surface area contributed by atoms with Gasteiger partial charge in [0.2, 0.25) is 0 Å². The maximum absolute atomic E-state index is 12.6. The second-order valence-electron chi connectivity index (χ2n) is 14.7. The van der Waals surface area contributed by atoms with E-state index in [1.54, 1.807) is 0 Å². The Morgan fingerprint density at radius 2 is 0.964 bits per heavy atom. The molecule has 0 rings (SSSR count). The molecule has 0 heterocycles. The summed E-state index contributed by atoms with van der Waals surface area (Å²) in [5.41, 5.74) is 0. The predicted octanol–water partition coefficient (Wildman–Crippen LogP) is 11.6. The van der Waals surface area contributed by atoms with E-state index in [1.165, 1.54) is 96.3 Å². The summed E-state index contributed by atoms with van der Waals surface area (Å²) in [6.07, 6.45) is 41.2. The summed E-state index contributed by atoms with van der Waals surface area (Å²) in [6, 6.07) is 0. The van der Waals surface area contributed by atoms with Crippen LogP contribution >= 0.6 is 7.82 Å². The van der Waals surface area contributed by atoms with Crippen LogP contribution in [0, 0.1) is 0 Å². The summed E-state index contributed by atoms with van der Waals surface area (Å²) >= 11 is 0. The Bertz CT molecular complexity index is 1010. The van der Waals surface area contributed by atoms with Crippen molar-refractivity contribution in [3.8, 4) is 0 Å². The number of carbonyl (C=O) groups excluding carboxylic acids is 2. The number of hydrogen-bond donors (Lipinski definition) is 3. The second-order valence-corrected chi connectivity index (χ2v) is 16.2. The molecule has 0 aliphatic rings. The van der Waals surface area contributed by atoms with Crippen LogP contribution in [0.3, 0.4) is 0 Å². The number of phosphoric ester groups is 1. The highest BCUT2D eigenvalue weighted by Crippen LogP contribution is 2.43. The van der Waals surface area contributed by atoms with Gasteiger partial charge in [0.1, 0.15) is 12.7 Å². The normalized spacial score (nSPS) is 14.2. The average Bonchev–Trinajstić information content (AvgIpc) is 3.17. The third kappa shape index (κ3) is 40.2. The first-order valence-electron chi connectivity index (χ1n) is 21.9. The monoisotopic (exact) mass is 801 g/mol. The van der Waals surface area contributed by atoms with E-state index in [0.29, 0.717) is 12.8 Å². The lowest BCUT2D eigenvalue weighted by molar-refractivity contribution is -0.161. The van der Waals surface area contributed by atoms with Gasteiger partial charge in [0.05, 0.1) is 19.8 Å². The van der Waals surface area contributed by atoms with Crippen LogP contribution in [0.1, 0.15) is 194 Å². The van der Waals surface area contributed by atoms with Crippen LogP contribution < -0.4 is 0 Å². The molecular formula is C44H81O10P. The van der Waals surface area contributed by atoms with Crippen LogP contribution in [0.5, 0.6) is 0 Å². The molecule has 0 aliphatic heterocycles. The van der Waals surface area contributed by atoms with Crippen LogP contribution in [-0.2, 0) is 32.7 Å². The van der Waals surface area contributed by atoms with Crippen LogP contribution in [0.2, 0.25) is 0 Å². The molecule has 55 heavy (non-hydrogen) atoms. The fourth-order valence-electron chi connectivity index (χ4n) is 5.85. The highest BCUT2D eigenvalue weighted by Gasteiger charge is 2.27. The quantitative estimate of drug-likeness (QED) is 0.0236. The Hall–Kier alpha value is -1.81. The first kappa shape index (κ1) is 53.2. The van der Waals surface area contributed by atoms with Crippen molar-refractivity contribution in [2.45, 2.75) is 206 Å². The van der Waals surface area contributed by atoms with Gasteiger partial charge in [-0.1, -0.05) is 153 Å². The number of esters is 2. The van der Waals surface area contributed by atoms with E-state index in [1.807, 2.05) is 0 Å². The first-order chi connectivity index (χ1) is 26.7. The molecule has 3 N–H and O–H groups in total. The Labute approximate surface area is 335 Å². The number of aliphatic hydroxyl groups excluding tert-OH is 2. The van der Waals surface area contributed by atoms with E-state index in [9.17, 15) is 24.2 Å². The van der Waals surface area contributed by atoms with E-state index in [2.05, 4.69) is 54.8 Å².